The molecule has 10 heteroatoms. The van der Waals surface area contributed by atoms with Crippen molar-refractivity contribution in [1.29, 1.82) is 0 Å². The molecule has 4 N–H and O–H groups in total. The van der Waals surface area contributed by atoms with E-state index in [1.54, 1.807) is 48.5 Å². The molecule has 0 aliphatic rings. The minimum Gasteiger partial charge on any atom is -0.339 e. The predicted molar refractivity (Wildman–Crippen MR) is 104 cm³/mol. The highest BCUT2D eigenvalue weighted by molar-refractivity contribution is 5.94. The zero-order valence-electron chi connectivity index (χ0n) is 16.2. The largest absolute Gasteiger partial charge is 0.415 e. The van der Waals surface area contributed by atoms with Crippen molar-refractivity contribution in [2.45, 2.75) is 26.1 Å². The number of nitrogens with zero attached hydrogens (tertiary/aromatic N) is 2. The second kappa shape index (κ2) is 7.98. The maximum Gasteiger partial charge on any atom is 0.415 e. The Bertz CT molecular complexity index is 997. The molecular formula is C19H22F3N6O+. The van der Waals surface area contributed by atoms with E-state index in [2.05, 4.69) is 25.6 Å². The van der Waals surface area contributed by atoms with Crippen LogP contribution < -0.4 is 15.6 Å². The molecule has 3 rings (SSSR count). The molecule has 2 heterocycles. The molecule has 2 aromatic heterocycles. The van der Waals surface area contributed by atoms with E-state index in [-0.39, 0.29) is 23.7 Å². The van der Waals surface area contributed by atoms with E-state index in [1.807, 2.05) is 13.8 Å². The summed E-state index contributed by atoms with van der Waals surface area (Å²) >= 11 is 0. The average Bonchev–Trinajstić information content (AvgIpc) is 3.13. The Labute approximate surface area is 165 Å². The molecule has 0 atom stereocenters. The van der Waals surface area contributed by atoms with E-state index in [9.17, 15) is 18.0 Å². The van der Waals surface area contributed by atoms with E-state index in [0.717, 1.165) is 0 Å². The summed E-state index contributed by atoms with van der Waals surface area (Å²) in [5.41, 5.74) is 1.60. The summed E-state index contributed by atoms with van der Waals surface area (Å²) in [7, 11) is 1.74. The fourth-order valence-electron chi connectivity index (χ4n) is 2.64. The third-order valence-electron chi connectivity index (χ3n) is 4.42. The van der Waals surface area contributed by atoms with Crippen LogP contribution in [0, 0.1) is 0 Å². The van der Waals surface area contributed by atoms with Gasteiger partial charge in [-0.2, -0.15) is 13.2 Å². The first-order chi connectivity index (χ1) is 13.6. The topological polar surface area (TPSA) is 87.2 Å². The van der Waals surface area contributed by atoms with Crippen LogP contribution in [-0.2, 0) is 0 Å². The van der Waals surface area contributed by atoms with Crippen molar-refractivity contribution in [3.05, 3.63) is 42.1 Å². The molecule has 0 aliphatic carbocycles. The highest BCUT2D eigenvalue weighted by Crippen LogP contribution is 2.22. The number of fused-ring (bicyclic) bond motifs is 1. The molecule has 0 unspecified atom stereocenters. The van der Waals surface area contributed by atoms with Crippen LogP contribution in [0.25, 0.3) is 11.0 Å². The number of alkyl halides is 3. The number of halogens is 3. The molecule has 7 nitrogen and oxygen atoms in total. The zero-order valence-corrected chi connectivity index (χ0v) is 16.2. The van der Waals surface area contributed by atoms with Crippen molar-refractivity contribution < 1.29 is 22.9 Å². The van der Waals surface area contributed by atoms with Gasteiger partial charge < -0.3 is 15.2 Å². The first kappa shape index (κ1) is 20.4. The number of carbonyl (C=O) groups is 1. The van der Waals surface area contributed by atoms with Crippen molar-refractivity contribution in [2.75, 3.05) is 24.2 Å². The van der Waals surface area contributed by atoms with Crippen LogP contribution in [0.3, 0.4) is 0 Å². The zero-order chi connectivity index (χ0) is 21.2. The van der Waals surface area contributed by atoms with Gasteiger partial charge in [-0.25, -0.2) is 4.98 Å². The Morgan fingerprint density at radius 2 is 1.93 bits per heavy atom. The second-order valence-electron chi connectivity index (χ2n) is 6.88. The Morgan fingerprint density at radius 1 is 1.24 bits per heavy atom. The van der Waals surface area contributed by atoms with Crippen molar-refractivity contribution in [1.82, 2.24) is 14.9 Å². The van der Waals surface area contributed by atoms with Crippen LogP contribution in [0.1, 0.15) is 24.2 Å². The van der Waals surface area contributed by atoms with Crippen LogP contribution >= 0.6 is 0 Å². The van der Waals surface area contributed by atoms with Gasteiger partial charge in [-0.15, -0.1) is 0 Å². The summed E-state index contributed by atoms with van der Waals surface area (Å²) < 4.78 is 37.7. The standard InChI is InChI=1S/C19H21F3N6O/c1-11(2)28(3)17(29)12-4-6-13(7-5-12)25-18-26-15-14(8-9-23-15)16(27-18)24-10-19(20,21)22/h4-9,11H,10H2,1-3H3,(H3,23,24,25,26,27)/p+1. The quantitative estimate of drug-likeness (QED) is 0.583. The van der Waals surface area contributed by atoms with Crippen molar-refractivity contribution in [3.63, 3.8) is 0 Å². The van der Waals surface area contributed by atoms with Gasteiger partial charge >= 0.3 is 12.1 Å². The normalized spacial score (nSPS) is 11.7. The molecule has 0 radical (unpaired) electrons. The van der Waals surface area contributed by atoms with E-state index < -0.39 is 12.7 Å². The molecule has 0 aliphatic heterocycles. The fourth-order valence-corrected chi connectivity index (χ4v) is 2.64. The number of carbonyl (C=O) groups excluding carboxylic acids is 1. The van der Waals surface area contributed by atoms with Gasteiger partial charge in [0.25, 0.3) is 5.91 Å². The average molecular weight is 407 g/mol. The molecule has 0 saturated carbocycles. The van der Waals surface area contributed by atoms with Crippen LogP contribution in [-0.4, -0.2) is 46.6 Å². The van der Waals surface area contributed by atoms with Crippen LogP contribution in [0.4, 0.5) is 30.6 Å². The molecule has 0 spiro atoms. The highest BCUT2D eigenvalue weighted by atomic mass is 19.4. The lowest BCUT2D eigenvalue weighted by atomic mass is 10.1. The Morgan fingerprint density at radius 3 is 2.55 bits per heavy atom. The molecule has 1 aromatic carbocycles. The Kier molecular flexibility index (Phi) is 5.62. The summed E-state index contributed by atoms with van der Waals surface area (Å²) in [6.45, 7) is 2.68. The number of nitrogens with one attached hydrogen (secondary N) is 4. The molecule has 154 valence electrons. The number of aromatic nitrogens is 3. The molecule has 0 bridgehead atoms. The summed E-state index contributed by atoms with van der Waals surface area (Å²) in [5, 5.41) is 5.88. The smallest absolute Gasteiger partial charge is 0.339 e. The molecule has 0 fully saturated rings. The van der Waals surface area contributed by atoms with Gasteiger partial charge in [0.2, 0.25) is 11.5 Å². The maximum atomic E-state index is 12.6. The first-order valence-corrected chi connectivity index (χ1v) is 8.99. The minimum atomic E-state index is -4.35. The third kappa shape index (κ3) is 4.95. The van der Waals surface area contributed by atoms with E-state index in [0.29, 0.717) is 22.3 Å². The van der Waals surface area contributed by atoms with Gasteiger partial charge in [0, 0.05) is 24.8 Å². The van der Waals surface area contributed by atoms with Crippen molar-refractivity contribution in [3.8, 4) is 0 Å². The van der Waals surface area contributed by atoms with E-state index >= 15 is 0 Å². The number of H-pyrrole nitrogens is 2. The number of amides is 1. The summed E-state index contributed by atoms with van der Waals surface area (Å²) in [5.74, 6) is 0.354. The summed E-state index contributed by atoms with van der Waals surface area (Å²) in [4.78, 5) is 24.0. The maximum absolute atomic E-state index is 12.6. The lowest BCUT2D eigenvalue weighted by Gasteiger charge is -2.21. The van der Waals surface area contributed by atoms with E-state index in [1.165, 1.54) is 0 Å². The minimum absolute atomic E-state index is 0.0780. The molecule has 0 saturated heterocycles. The molecular weight excluding hydrogens is 385 g/mol. The number of hydrogen-bond donors (Lipinski definition) is 3. The SMILES string of the molecule is CC(C)N(C)C(=O)c1ccc(Nc2nc3[nH]ccc3c(NCC(F)(F)F)[nH+]2)cc1. The number of anilines is 3. The lowest BCUT2D eigenvalue weighted by Crippen LogP contribution is -2.32. The van der Waals surface area contributed by atoms with Gasteiger partial charge in [-0.3, -0.25) is 10.1 Å². The monoisotopic (exact) mass is 407 g/mol. The molecule has 1 amide bonds. The van der Waals surface area contributed by atoms with Crippen molar-refractivity contribution >= 4 is 34.4 Å². The lowest BCUT2D eigenvalue weighted by molar-refractivity contribution is -0.346. The summed E-state index contributed by atoms with van der Waals surface area (Å²) in [6.07, 6.45) is -2.75. The van der Waals surface area contributed by atoms with Gasteiger partial charge in [-0.05, 0) is 44.2 Å². The van der Waals surface area contributed by atoms with Crippen molar-refractivity contribution in [2.24, 2.45) is 0 Å². The van der Waals surface area contributed by atoms with Gasteiger partial charge in [-0.1, -0.05) is 4.98 Å². The predicted octanol–water partition coefficient (Wildman–Crippen LogP) is 3.58. The van der Waals surface area contributed by atoms with Gasteiger partial charge in [0.1, 0.15) is 6.54 Å². The van der Waals surface area contributed by atoms with Crippen LogP contribution in [0.5, 0.6) is 0 Å². The number of aromatic amines is 2. The Hall–Kier alpha value is -3.30. The number of benzene rings is 1. The third-order valence-corrected chi connectivity index (χ3v) is 4.42. The van der Waals surface area contributed by atoms with Gasteiger partial charge in [0.15, 0.2) is 0 Å². The van der Waals surface area contributed by atoms with Gasteiger partial charge in [0.05, 0.1) is 11.1 Å². The first-order valence-electron chi connectivity index (χ1n) is 8.99. The second-order valence-corrected chi connectivity index (χ2v) is 6.88. The number of hydrogen-bond acceptors (Lipinski definition) is 4. The van der Waals surface area contributed by atoms with Crippen LogP contribution in [0.15, 0.2) is 36.5 Å². The molecule has 3 aromatic rings. The summed E-state index contributed by atoms with van der Waals surface area (Å²) in [6, 6.07) is 8.48. The Balaban J connectivity index is 1.80. The van der Waals surface area contributed by atoms with E-state index in [4.69, 9.17) is 0 Å². The van der Waals surface area contributed by atoms with Crippen LogP contribution in [0.2, 0.25) is 0 Å². The highest BCUT2D eigenvalue weighted by Gasteiger charge is 2.29. The fraction of sp³-hybridized carbons (Fsp3) is 0.316. The molecule has 29 heavy (non-hydrogen) atoms. The number of rotatable bonds is 6.